The zero-order valence-corrected chi connectivity index (χ0v) is 13.7. The Labute approximate surface area is 138 Å². The minimum absolute atomic E-state index is 0.101. The third-order valence-electron chi connectivity index (χ3n) is 8.47. The molecular formula is C20H26N2O. The number of fused-ring (bicyclic) bond motifs is 3. The molecule has 7 rings (SSSR count). The van der Waals surface area contributed by atoms with Crippen LogP contribution >= 0.6 is 0 Å². The van der Waals surface area contributed by atoms with Gasteiger partial charge in [0.25, 0.3) is 0 Å². The molecule has 3 heterocycles. The molecule has 0 aromatic heterocycles. The number of nitrogens with one attached hydrogen (secondary N) is 1. The molecular weight excluding hydrogens is 284 g/mol. The first-order valence-electron chi connectivity index (χ1n) is 9.48. The number of nitrogens with zero attached hydrogens (tertiary/aromatic N) is 1. The summed E-state index contributed by atoms with van der Waals surface area (Å²) >= 11 is 0. The number of piperidine rings is 1. The summed E-state index contributed by atoms with van der Waals surface area (Å²) in [6, 6.07) is 9.76. The van der Waals surface area contributed by atoms with Crippen LogP contribution in [0, 0.1) is 11.3 Å². The van der Waals surface area contributed by atoms with Crippen LogP contribution in [0.25, 0.3) is 0 Å². The lowest BCUT2D eigenvalue weighted by molar-refractivity contribution is -0.137. The molecule has 5 fully saturated rings. The zero-order chi connectivity index (χ0) is 15.3. The maximum Gasteiger partial charge on any atom is 0.0537 e. The summed E-state index contributed by atoms with van der Waals surface area (Å²) in [5, 5.41) is 14.3. The van der Waals surface area contributed by atoms with Gasteiger partial charge in [-0.25, -0.2) is 0 Å². The number of rotatable bonds is 1. The molecule has 3 aliphatic heterocycles. The van der Waals surface area contributed by atoms with E-state index in [4.69, 9.17) is 0 Å². The molecule has 2 saturated heterocycles. The maximum absolute atomic E-state index is 10.3. The maximum atomic E-state index is 10.3. The van der Waals surface area contributed by atoms with Crippen LogP contribution in [0.15, 0.2) is 24.3 Å². The Balaban J connectivity index is 1.67. The quantitative estimate of drug-likeness (QED) is 0.837. The lowest BCUT2D eigenvalue weighted by Crippen LogP contribution is -2.76. The second kappa shape index (κ2) is 3.94. The van der Waals surface area contributed by atoms with Crippen LogP contribution in [0.2, 0.25) is 0 Å². The number of aliphatic hydroxyl groups is 1. The van der Waals surface area contributed by atoms with E-state index in [9.17, 15) is 5.11 Å². The molecule has 3 nitrogen and oxygen atoms in total. The Bertz CT molecular complexity index is 690. The SMILES string of the molecule is OC[C@@H]1C[C@@]23CCCN4CC[C@@]5(c6ccccc6N[C@]15CC2)[C@@H]43. The summed E-state index contributed by atoms with van der Waals surface area (Å²) in [6.07, 6.45) is 7.84. The van der Waals surface area contributed by atoms with Gasteiger partial charge in [0.1, 0.15) is 0 Å². The fraction of sp³-hybridized carbons (Fsp3) is 0.700. The average Bonchev–Trinajstić information content (AvgIpc) is 3.13. The topological polar surface area (TPSA) is 35.5 Å². The summed E-state index contributed by atoms with van der Waals surface area (Å²) < 4.78 is 0. The fourth-order valence-corrected chi connectivity index (χ4v) is 8.01. The van der Waals surface area contributed by atoms with Gasteiger partial charge in [-0.15, -0.1) is 0 Å². The Morgan fingerprint density at radius 1 is 1.13 bits per heavy atom. The van der Waals surface area contributed by atoms with Crippen LogP contribution in [-0.4, -0.2) is 41.3 Å². The van der Waals surface area contributed by atoms with E-state index >= 15 is 0 Å². The molecule has 2 bridgehead atoms. The molecule has 3 spiro atoms. The Hall–Kier alpha value is -1.06. The van der Waals surface area contributed by atoms with Gasteiger partial charge >= 0.3 is 0 Å². The van der Waals surface area contributed by atoms with Crippen molar-refractivity contribution in [3.8, 4) is 0 Å². The van der Waals surface area contributed by atoms with Gasteiger partial charge in [-0.3, -0.25) is 4.90 Å². The molecule has 0 amide bonds. The van der Waals surface area contributed by atoms with Gasteiger partial charge in [-0.1, -0.05) is 18.2 Å². The number of benzene rings is 1. The van der Waals surface area contributed by atoms with E-state index in [0.717, 1.165) is 0 Å². The standard InChI is InChI=1S/C20H26N2O/c23-13-14-12-18-6-3-10-22-11-9-19(17(18)22)15-4-1-2-5-16(15)21-20(14,19)8-7-18/h1-2,4-5,14,17,21,23H,3,6-13H2/t14-,17-,18+,19+,20+/m0/s1. The lowest BCUT2D eigenvalue weighted by Gasteiger charge is -2.69. The van der Waals surface area contributed by atoms with Gasteiger partial charge < -0.3 is 10.4 Å². The van der Waals surface area contributed by atoms with Crippen molar-refractivity contribution in [2.45, 2.75) is 55.5 Å². The molecule has 1 aromatic carbocycles. The first-order valence-corrected chi connectivity index (χ1v) is 9.48. The van der Waals surface area contributed by atoms with Crippen LogP contribution in [0.3, 0.4) is 0 Å². The summed E-state index contributed by atoms with van der Waals surface area (Å²) in [7, 11) is 0. The minimum Gasteiger partial charge on any atom is -0.396 e. The summed E-state index contributed by atoms with van der Waals surface area (Å²) in [4.78, 5) is 2.83. The molecule has 3 aliphatic carbocycles. The van der Waals surface area contributed by atoms with Gasteiger partial charge in [-0.05, 0) is 68.7 Å². The van der Waals surface area contributed by atoms with Crippen LogP contribution in [-0.2, 0) is 5.41 Å². The van der Waals surface area contributed by atoms with Crippen molar-refractivity contribution < 1.29 is 5.11 Å². The number of anilines is 1. The third kappa shape index (κ3) is 1.21. The normalized spacial score (nSPS) is 49.4. The molecule has 6 aliphatic rings. The van der Waals surface area contributed by atoms with E-state index in [1.54, 1.807) is 5.56 Å². The smallest absolute Gasteiger partial charge is 0.0537 e. The Kier molecular flexibility index (Phi) is 2.27. The molecule has 2 N–H and O–H groups in total. The number of para-hydroxylation sites is 1. The number of hydrogen-bond donors (Lipinski definition) is 2. The predicted molar refractivity (Wildman–Crippen MR) is 90.5 cm³/mol. The van der Waals surface area contributed by atoms with Crippen molar-refractivity contribution in [3.05, 3.63) is 29.8 Å². The van der Waals surface area contributed by atoms with Crippen molar-refractivity contribution in [3.63, 3.8) is 0 Å². The largest absolute Gasteiger partial charge is 0.396 e. The van der Waals surface area contributed by atoms with Crippen molar-refractivity contribution in [2.75, 3.05) is 25.0 Å². The molecule has 122 valence electrons. The highest BCUT2D eigenvalue weighted by atomic mass is 16.3. The Morgan fingerprint density at radius 2 is 2.04 bits per heavy atom. The van der Waals surface area contributed by atoms with E-state index in [1.165, 1.54) is 57.3 Å². The third-order valence-corrected chi connectivity index (χ3v) is 8.47. The molecule has 1 aromatic rings. The van der Waals surface area contributed by atoms with E-state index in [1.807, 2.05) is 0 Å². The first-order chi connectivity index (χ1) is 11.3. The second-order valence-electron chi connectivity index (χ2n) is 8.85. The predicted octanol–water partition coefficient (Wildman–Crippen LogP) is 2.75. The molecule has 0 unspecified atom stereocenters. The van der Waals surface area contributed by atoms with Gasteiger partial charge in [0.2, 0.25) is 0 Å². The second-order valence-corrected chi connectivity index (χ2v) is 8.85. The molecule has 3 heteroatoms. The summed E-state index contributed by atoms with van der Waals surface area (Å²) in [5.74, 6) is 0.415. The first kappa shape index (κ1) is 13.3. The van der Waals surface area contributed by atoms with Gasteiger partial charge in [0, 0.05) is 29.7 Å². The van der Waals surface area contributed by atoms with E-state index < -0.39 is 0 Å². The minimum atomic E-state index is 0.101. The highest BCUT2D eigenvalue weighted by Crippen LogP contribution is 2.73. The molecule has 0 radical (unpaired) electrons. The van der Waals surface area contributed by atoms with Crippen molar-refractivity contribution in [1.29, 1.82) is 0 Å². The van der Waals surface area contributed by atoms with Gasteiger partial charge in [0.05, 0.1) is 5.54 Å². The van der Waals surface area contributed by atoms with Crippen LogP contribution in [0.5, 0.6) is 0 Å². The van der Waals surface area contributed by atoms with Crippen molar-refractivity contribution in [1.82, 2.24) is 4.90 Å². The van der Waals surface area contributed by atoms with E-state index in [0.29, 0.717) is 24.0 Å². The highest BCUT2D eigenvalue weighted by Gasteiger charge is 2.77. The number of hydrogen-bond acceptors (Lipinski definition) is 3. The molecule has 23 heavy (non-hydrogen) atoms. The average molecular weight is 310 g/mol. The molecule has 5 atom stereocenters. The monoisotopic (exact) mass is 310 g/mol. The number of aliphatic hydroxyl groups excluding tert-OH is 1. The summed E-state index contributed by atoms with van der Waals surface area (Å²) in [6.45, 7) is 2.88. The fourth-order valence-electron chi connectivity index (χ4n) is 8.01. The van der Waals surface area contributed by atoms with Crippen LogP contribution < -0.4 is 5.32 Å². The van der Waals surface area contributed by atoms with Crippen molar-refractivity contribution >= 4 is 5.69 Å². The Morgan fingerprint density at radius 3 is 2.96 bits per heavy atom. The van der Waals surface area contributed by atoms with Crippen molar-refractivity contribution in [2.24, 2.45) is 11.3 Å². The van der Waals surface area contributed by atoms with Gasteiger partial charge in [0.15, 0.2) is 0 Å². The van der Waals surface area contributed by atoms with E-state index in [2.05, 4.69) is 34.5 Å². The highest BCUT2D eigenvalue weighted by molar-refractivity contribution is 5.68. The molecule has 3 saturated carbocycles. The van der Waals surface area contributed by atoms with E-state index in [-0.39, 0.29) is 11.0 Å². The van der Waals surface area contributed by atoms with Crippen LogP contribution in [0.4, 0.5) is 5.69 Å². The zero-order valence-electron chi connectivity index (χ0n) is 13.7. The van der Waals surface area contributed by atoms with Crippen LogP contribution in [0.1, 0.15) is 44.1 Å². The lowest BCUT2D eigenvalue weighted by atomic mass is 9.39. The summed E-state index contributed by atoms with van der Waals surface area (Å²) in [5.41, 5.74) is 3.73. The van der Waals surface area contributed by atoms with Gasteiger partial charge in [-0.2, -0.15) is 0 Å².